The fourth-order valence-corrected chi connectivity index (χ4v) is 2.06. The molecule has 0 radical (unpaired) electrons. The van der Waals surface area contributed by atoms with Crippen molar-refractivity contribution in [3.63, 3.8) is 0 Å². The summed E-state index contributed by atoms with van der Waals surface area (Å²) in [5.74, 6) is 1.20. The van der Waals surface area contributed by atoms with E-state index >= 15 is 0 Å². The Morgan fingerprint density at radius 2 is 2.26 bits per heavy atom. The third-order valence-electron chi connectivity index (χ3n) is 3.47. The normalized spacial score (nSPS) is 12.2. The second-order valence-corrected chi connectivity index (χ2v) is 4.59. The number of ether oxygens (including phenoxy) is 1. The quantitative estimate of drug-likeness (QED) is 0.836. The molecule has 0 aliphatic carbocycles. The van der Waals surface area contributed by atoms with Gasteiger partial charge in [-0.3, -0.25) is 9.89 Å². The highest BCUT2D eigenvalue weighted by atomic mass is 16.5. The van der Waals surface area contributed by atoms with E-state index in [2.05, 4.69) is 36.2 Å². The van der Waals surface area contributed by atoms with Gasteiger partial charge in [0.1, 0.15) is 5.75 Å². The van der Waals surface area contributed by atoms with Gasteiger partial charge in [0, 0.05) is 5.56 Å². The minimum atomic E-state index is 0.465. The highest BCUT2D eigenvalue weighted by molar-refractivity contribution is 5.87. The summed E-state index contributed by atoms with van der Waals surface area (Å²) < 4.78 is 5.37. The molecule has 1 heterocycles. The molecule has 0 aliphatic rings. The van der Waals surface area contributed by atoms with Gasteiger partial charge >= 0.3 is 0 Å². The first-order chi connectivity index (χ1) is 9.21. The van der Waals surface area contributed by atoms with E-state index in [0.29, 0.717) is 17.2 Å². The van der Waals surface area contributed by atoms with Gasteiger partial charge in [-0.2, -0.15) is 5.10 Å². The van der Waals surface area contributed by atoms with Crippen LogP contribution in [-0.4, -0.2) is 23.6 Å². The Kier molecular flexibility index (Phi) is 4.00. The first-order valence-electron chi connectivity index (χ1n) is 6.38. The summed E-state index contributed by atoms with van der Waals surface area (Å²) in [6, 6.07) is 6.06. The number of hydrogen-bond acceptors (Lipinski definition) is 3. The predicted molar refractivity (Wildman–Crippen MR) is 74.7 cm³/mol. The molecule has 1 aromatic carbocycles. The fraction of sp³-hybridized carbons (Fsp3) is 0.333. The van der Waals surface area contributed by atoms with Gasteiger partial charge in [-0.15, -0.1) is 0 Å². The molecule has 0 bridgehead atoms. The van der Waals surface area contributed by atoms with Crippen LogP contribution in [0.3, 0.4) is 0 Å². The van der Waals surface area contributed by atoms with E-state index in [9.17, 15) is 4.79 Å². The average molecular weight is 258 g/mol. The Balaban J connectivity index is 2.56. The molecule has 2 rings (SSSR count). The van der Waals surface area contributed by atoms with Crippen LogP contribution in [0.1, 0.15) is 42.1 Å². The third-order valence-corrected chi connectivity index (χ3v) is 3.47. The maximum absolute atomic E-state index is 11.0. The second-order valence-electron chi connectivity index (χ2n) is 4.59. The number of aldehydes is 1. The molecule has 19 heavy (non-hydrogen) atoms. The summed E-state index contributed by atoms with van der Waals surface area (Å²) in [6.07, 6.45) is 3.39. The minimum Gasteiger partial charge on any atom is -0.496 e. The Morgan fingerprint density at radius 3 is 2.89 bits per heavy atom. The van der Waals surface area contributed by atoms with Crippen LogP contribution >= 0.6 is 0 Å². The van der Waals surface area contributed by atoms with Crippen molar-refractivity contribution in [1.82, 2.24) is 10.2 Å². The molecule has 0 saturated heterocycles. The van der Waals surface area contributed by atoms with Crippen molar-refractivity contribution in [2.75, 3.05) is 7.11 Å². The van der Waals surface area contributed by atoms with Crippen molar-refractivity contribution in [3.05, 3.63) is 35.5 Å². The Hall–Kier alpha value is -2.10. The second kappa shape index (κ2) is 5.69. The Labute approximate surface area is 112 Å². The number of nitrogens with zero attached hydrogens (tertiary/aromatic N) is 1. The van der Waals surface area contributed by atoms with Crippen LogP contribution in [0, 0.1) is 0 Å². The van der Waals surface area contributed by atoms with E-state index in [-0.39, 0.29) is 0 Å². The molecule has 100 valence electrons. The van der Waals surface area contributed by atoms with Crippen LogP contribution in [0.15, 0.2) is 24.4 Å². The molecule has 1 atom stereocenters. The number of carbonyl (C=O) groups is 1. The number of carbonyl (C=O) groups excluding carboxylic acids is 1. The van der Waals surface area contributed by atoms with Gasteiger partial charge in [0.05, 0.1) is 24.6 Å². The van der Waals surface area contributed by atoms with Crippen LogP contribution in [0.5, 0.6) is 5.75 Å². The summed E-state index contributed by atoms with van der Waals surface area (Å²) >= 11 is 0. The topological polar surface area (TPSA) is 55.0 Å². The predicted octanol–water partition coefficient (Wildman–Crippen LogP) is 3.41. The number of hydrogen-bond donors (Lipinski definition) is 1. The monoisotopic (exact) mass is 258 g/mol. The van der Waals surface area contributed by atoms with E-state index in [1.54, 1.807) is 7.11 Å². The summed E-state index contributed by atoms with van der Waals surface area (Å²) in [6.45, 7) is 4.33. The number of aromatic nitrogens is 2. The van der Waals surface area contributed by atoms with Crippen LogP contribution in [0.25, 0.3) is 11.3 Å². The van der Waals surface area contributed by atoms with E-state index in [1.807, 2.05) is 6.07 Å². The van der Waals surface area contributed by atoms with E-state index in [1.165, 1.54) is 11.8 Å². The lowest BCUT2D eigenvalue weighted by atomic mass is 9.95. The van der Waals surface area contributed by atoms with Gasteiger partial charge in [0.15, 0.2) is 6.29 Å². The molecule has 0 aliphatic heterocycles. The summed E-state index contributed by atoms with van der Waals surface area (Å²) in [5, 5.41) is 6.80. The van der Waals surface area contributed by atoms with Gasteiger partial charge in [0.2, 0.25) is 0 Å². The number of aromatic amines is 1. The van der Waals surface area contributed by atoms with E-state index in [0.717, 1.165) is 24.0 Å². The smallest absolute Gasteiger partial charge is 0.153 e. The molecule has 4 heteroatoms. The molecule has 0 spiro atoms. The molecule has 1 unspecified atom stereocenters. The van der Waals surface area contributed by atoms with Crippen LogP contribution in [-0.2, 0) is 0 Å². The molecule has 0 fully saturated rings. The molecule has 2 aromatic rings. The van der Waals surface area contributed by atoms with Crippen molar-refractivity contribution in [3.8, 4) is 17.0 Å². The standard InChI is InChI=1S/C15H18N2O2/c1-4-10(2)11-5-6-14(19-3)13(7-11)15-12(9-18)8-16-17-15/h5-10H,4H2,1-3H3,(H,16,17). The van der Waals surface area contributed by atoms with Crippen molar-refractivity contribution in [2.24, 2.45) is 0 Å². The summed E-state index contributed by atoms with van der Waals surface area (Å²) in [4.78, 5) is 11.0. The first kappa shape index (κ1) is 13.3. The Bertz CT molecular complexity index is 575. The summed E-state index contributed by atoms with van der Waals surface area (Å²) in [5.41, 5.74) is 3.35. The fourth-order valence-electron chi connectivity index (χ4n) is 2.06. The molecule has 1 N–H and O–H groups in total. The van der Waals surface area contributed by atoms with Gasteiger partial charge in [-0.05, 0) is 30.0 Å². The first-order valence-corrected chi connectivity index (χ1v) is 6.38. The van der Waals surface area contributed by atoms with Crippen LogP contribution in [0.4, 0.5) is 0 Å². The number of benzene rings is 1. The van der Waals surface area contributed by atoms with Crippen LogP contribution < -0.4 is 4.74 Å². The lowest BCUT2D eigenvalue weighted by Gasteiger charge is -2.13. The highest BCUT2D eigenvalue weighted by Gasteiger charge is 2.14. The van der Waals surface area contributed by atoms with Crippen LogP contribution in [0.2, 0.25) is 0 Å². The molecular weight excluding hydrogens is 240 g/mol. The number of rotatable bonds is 5. The zero-order valence-corrected chi connectivity index (χ0v) is 11.4. The SMILES string of the molecule is CCC(C)c1ccc(OC)c(-c2[nH]ncc2C=O)c1. The minimum absolute atomic E-state index is 0.465. The summed E-state index contributed by atoms with van der Waals surface area (Å²) in [7, 11) is 1.62. The lowest BCUT2D eigenvalue weighted by molar-refractivity contribution is 0.112. The molecule has 0 saturated carbocycles. The third kappa shape index (κ3) is 2.52. The molecule has 4 nitrogen and oxygen atoms in total. The highest BCUT2D eigenvalue weighted by Crippen LogP contribution is 2.33. The van der Waals surface area contributed by atoms with E-state index in [4.69, 9.17) is 4.74 Å². The molecule has 1 aromatic heterocycles. The lowest BCUT2D eigenvalue weighted by Crippen LogP contribution is -1.96. The molecular formula is C15H18N2O2. The Morgan fingerprint density at radius 1 is 1.47 bits per heavy atom. The van der Waals surface area contributed by atoms with Crippen molar-refractivity contribution in [2.45, 2.75) is 26.2 Å². The van der Waals surface area contributed by atoms with Gasteiger partial charge in [-0.25, -0.2) is 0 Å². The van der Waals surface area contributed by atoms with Gasteiger partial charge in [-0.1, -0.05) is 19.9 Å². The average Bonchev–Trinajstić information content (AvgIpc) is 2.93. The maximum Gasteiger partial charge on any atom is 0.153 e. The number of H-pyrrole nitrogens is 1. The largest absolute Gasteiger partial charge is 0.496 e. The van der Waals surface area contributed by atoms with Crippen molar-refractivity contribution in [1.29, 1.82) is 0 Å². The molecule has 0 amide bonds. The zero-order valence-electron chi connectivity index (χ0n) is 11.4. The van der Waals surface area contributed by atoms with E-state index < -0.39 is 0 Å². The van der Waals surface area contributed by atoms with Gasteiger partial charge in [0.25, 0.3) is 0 Å². The zero-order chi connectivity index (χ0) is 13.8. The van der Waals surface area contributed by atoms with Gasteiger partial charge < -0.3 is 4.74 Å². The number of methoxy groups -OCH3 is 1. The van der Waals surface area contributed by atoms with Crippen molar-refractivity contribution < 1.29 is 9.53 Å². The maximum atomic E-state index is 11.0. The number of nitrogens with one attached hydrogen (secondary N) is 1. The van der Waals surface area contributed by atoms with Crippen molar-refractivity contribution >= 4 is 6.29 Å².